The quantitative estimate of drug-likeness (QED) is 0.180. The largest absolute Gasteiger partial charge is 0.497 e. The number of thioether (sulfide) groups is 1. The first-order valence-corrected chi connectivity index (χ1v) is 14.5. The monoisotopic (exact) mass is 607 g/mol. The highest BCUT2D eigenvalue weighted by atomic mass is 32.2. The maximum atomic E-state index is 13.3. The van der Waals surface area contributed by atoms with Crippen molar-refractivity contribution in [1.29, 1.82) is 0 Å². The molecule has 1 saturated heterocycles. The summed E-state index contributed by atoms with van der Waals surface area (Å²) in [5, 5.41) is 4.97. The van der Waals surface area contributed by atoms with Crippen LogP contribution in [0, 0.1) is 0 Å². The average Bonchev–Trinajstić information content (AvgIpc) is 3.33. The van der Waals surface area contributed by atoms with E-state index in [4.69, 9.17) is 9.47 Å². The molecule has 1 unspecified atom stereocenters. The molecule has 1 heterocycles. The molecule has 0 bridgehead atoms. The molecule has 1 aliphatic rings. The van der Waals surface area contributed by atoms with Gasteiger partial charge >= 0.3 is 0 Å². The Kier molecular flexibility index (Phi) is 9.41. The van der Waals surface area contributed by atoms with Crippen LogP contribution in [-0.4, -0.2) is 43.1 Å². The van der Waals surface area contributed by atoms with Gasteiger partial charge in [0.2, 0.25) is 11.8 Å². The minimum atomic E-state index is -0.572. The van der Waals surface area contributed by atoms with E-state index in [-0.39, 0.29) is 23.9 Å². The number of hydrogen-bond acceptors (Lipinski definition) is 7. The van der Waals surface area contributed by atoms with Crippen LogP contribution in [-0.2, 0) is 14.4 Å². The Morgan fingerprint density at radius 3 is 2.05 bits per heavy atom. The zero-order valence-corrected chi connectivity index (χ0v) is 24.8. The maximum Gasteiger partial charge on any atom is 0.272 e. The van der Waals surface area contributed by atoms with Crippen molar-refractivity contribution < 1.29 is 28.7 Å². The summed E-state index contributed by atoms with van der Waals surface area (Å²) < 4.78 is 10.4. The second kappa shape index (κ2) is 13.7. The fourth-order valence-electron chi connectivity index (χ4n) is 4.49. The standard InChI is InChI=1S/C34H29N3O6S/c1-42-26-14-8-22(9-15-26)20-29(36-32(39)23-6-4-3-5-7-23)33(40)35-24-10-18-28(19-11-24)44-30-21-31(38)37(34(30)41)25-12-16-27(43-2)17-13-25/h3-20,30H,21H2,1-2H3,(H,35,40)(H,36,39)/b29-20-. The normalized spacial score (nSPS) is 14.7. The molecule has 2 N–H and O–H groups in total. The van der Waals surface area contributed by atoms with E-state index in [9.17, 15) is 19.2 Å². The summed E-state index contributed by atoms with van der Waals surface area (Å²) >= 11 is 1.29. The van der Waals surface area contributed by atoms with Crippen LogP contribution in [0.15, 0.2) is 114 Å². The van der Waals surface area contributed by atoms with Gasteiger partial charge in [0.05, 0.1) is 25.2 Å². The predicted octanol–water partition coefficient (Wildman–Crippen LogP) is 5.54. The SMILES string of the molecule is COc1ccc(/C=C(\NC(=O)c2ccccc2)C(=O)Nc2ccc(SC3CC(=O)N(c4ccc(OC)cc4)C3=O)cc2)cc1. The molecule has 9 nitrogen and oxygen atoms in total. The third-order valence-electron chi connectivity index (χ3n) is 6.78. The van der Waals surface area contributed by atoms with Gasteiger partial charge < -0.3 is 20.1 Å². The Morgan fingerprint density at radius 1 is 0.818 bits per heavy atom. The number of rotatable bonds is 10. The third-order valence-corrected chi connectivity index (χ3v) is 7.98. The number of ether oxygens (including phenoxy) is 2. The summed E-state index contributed by atoms with van der Waals surface area (Å²) in [5.41, 5.74) is 2.14. The Labute approximate surface area is 258 Å². The highest BCUT2D eigenvalue weighted by molar-refractivity contribution is 8.00. The molecule has 0 aromatic heterocycles. The Balaban J connectivity index is 1.27. The molecule has 5 rings (SSSR count). The average molecular weight is 608 g/mol. The van der Waals surface area contributed by atoms with Crippen molar-refractivity contribution in [2.75, 3.05) is 24.4 Å². The first kappa shape index (κ1) is 30.1. The van der Waals surface area contributed by atoms with Crippen LogP contribution >= 0.6 is 11.8 Å². The molecule has 0 aliphatic carbocycles. The summed E-state index contributed by atoms with van der Waals surface area (Å²) in [6.07, 6.45) is 1.66. The van der Waals surface area contributed by atoms with Crippen LogP contribution in [0.25, 0.3) is 6.08 Å². The number of hydrogen-bond donors (Lipinski definition) is 2. The Hall–Kier alpha value is -5.35. The van der Waals surface area contributed by atoms with Gasteiger partial charge in [0.1, 0.15) is 17.2 Å². The predicted molar refractivity (Wildman–Crippen MR) is 170 cm³/mol. The lowest BCUT2D eigenvalue weighted by molar-refractivity contribution is -0.121. The summed E-state index contributed by atoms with van der Waals surface area (Å²) in [7, 11) is 3.11. The molecule has 44 heavy (non-hydrogen) atoms. The Bertz CT molecular complexity index is 1690. The van der Waals surface area contributed by atoms with Crippen molar-refractivity contribution in [3.63, 3.8) is 0 Å². The number of carbonyl (C=O) groups excluding carboxylic acids is 4. The van der Waals surface area contributed by atoms with Crippen LogP contribution in [0.5, 0.6) is 11.5 Å². The number of benzene rings is 4. The first-order valence-electron chi connectivity index (χ1n) is 13.7. The van der Waals surface area contributed by atoms with E-state index in [0.29, 0.717) is 34.0 Å². The topological polar surface area (TPSA) is 114 Å². The fraction of sp³-hybridized carbons (Fsp3) is 0.118. The summed E-state index contributed by atoms with van der Waals surface area (Å²) in [5.74, 6) is -0.200. The number of anilines is 2. The number of imide groups is 1. The lowest BCUT2D eigenvalue weighted by Gasteiger charge is -2.15. The van der Waals surface area contributed by atoms with Crippen LogP contribution < -0.4 is 25.0 Å². The first-order chi connectivity index (χ1) is 21.3. The molecular formula is C34H29N3O6S. The highest BCUT2D eigenvalue weighted by Gasteiger charge is 2.40. The van der Waals surface area contributed by atoms with Gasteiger partial charge in [0, 0.05) is 22.6 Å². The van der Waals surface area contributed by atoms with Crippen molar-refractivity contribution in [2.24, 2.45) is 0 Å². The molecule has 4 aromatic carbocycles. The van der Waals surface area contributed by atoms with Gasteiger partial charge in [-0.1, -0.05) is 30.3 Å². The molecule has 4 aromatic rings. The Morgan fingerprint density at radius 2 is 1.43 bits per heavy atom. The molecule has 0 radical (unpaired) electrons. The van der Waals surface area contributed by atoms with Gasteiger partial charge in [-0.15, -0.1) is 11.8 Å². The van der Waals surface area contributed by atoms with E-state index in [2.05, 4.69) is 10.6 Å². The highest BCUT2D eigenvalue weighted by Crippen LogP contribution is 2.35. The van der Waals surface area contributed by atoms with Gasteiger partial charge in [-0.05, 0) is 84.4 Å². The second-order valence-electron chi connectivity index (χ2n) is 9.71. The fourth-order valence-corrected chi connectivity index (χ4v) is 5.54. The molecule has 1 fully saturated rings. The van der Waals surface area contributed by atoms with Crippen molar-refractivity contribution in [1.82, 2.24) is 5.32 Å². The number of amides is 4. The van der Waals surface area contributed by atoms with Crippen molar-refractivity contribution in [3.8, 4) is 11.5 Å². The van der Waals surface area contributed by atoms with E-state index in [1.807, 2.05) is 0 Å². The molecule has 0 saturated carbocycles. The molecule has 10 heteroatoms. The number of methoxy groups -OCH3 is 2. The lowest BCUT2D eigenvalue weighted by Crippen LogP contribution is -2.31. The second-order valence-corrected chi connectivity index (χ2v) is 11.0. The minimum absolute atomic E-state index is 0.0520. The van der Waals surface area contributed by atoms with E-state index >= 15 is 0 Å². The molecule has 4 amide bonds. The molecule has 0 spiro atoms. The summed E-state index contributed by atoms with van der Waals surface area (Å²) in [4.78, 5) is 54.0. The number of nitrogens with zero attached hydrogens (tertiary/aromatic N) is 1. The lowest BCUT2D eigenvalue weighted by atomic mass is 10.1. The van der Waals surface area contributed by atoms with Gasteiger partial charge in [-0.3, -0.25) is 19.2 Å². The van der Waals surface area contributed by atoms with Crippen molar-refractivity contribution in [2.45, 2.75) is 16.6 Å². The van der Waals surface area contributed by atoms with Gasteiger partial charge in [0.25, 0.3) is 11.8 Å². The molecule has 222 valence electrons. The van der Waals surface area contributed by atoms with E-state index < -0.39 is 17.1 Å². The smallest absolute Gasteiger partial charge is 0.272 e. The zero-order valence-electron chi connectivity index (χ0n) is 24.0. The van der Waals surface area contributed by atoms with Gasteiger partial charge in [0.15, 0.2) is 0 Å². The summed E-state index contributed by atoms with van der Waals surface area (Å²) in [6, 6.07) is 29.4. The maximum absolute atomic E-state index is 13.3. The van der Waals surface area contributed by atoms with Gasteiger partial charge in [-0.2, -0.15) is 0 Å². The van der Waals surface area contributed by atoms with E-state index in [1.165, 1.54) is 16.7 Å². The third kappa shape index (κ3) is 7.16. The van der Waals surface area contributed by atoms with Gasteiger partial charge in [-0.25, -0.2) is 4.90 Å². The zero-order chi connectivity index (χ0) is 31.1. The van der Waals surface area contributed by atoms with E-state index in [1.54, 1.807) is 123 Å². The minimum Gasteiger partial charge on any atom is -0.497 e. The molecule has 1 aliphatic heterocycles. The van der Waals surface area contributed by atoms with E-state index in [0.717, 1.165) is 4.90 Å². The summed E-state index contributed by atoms with van der Waals surface area (Å²) in [6.45, 7) is 0. The van der Waals surface area contributed by atoms with Crippen LogP contribution in [0.3, 0.4) is 0 Å². The number of nitrogens with one attached hydrogen (secondary N) is 2. The van der Waals surface area contributed by atoms with Crippen LogP contribution in [0.2, 0.25) is 0 Å². The number of carbonyl (C=O) groups is 4. The molecular weight excluding hydrogens is 578 g/mol. The van der Waals surface area contributed by atoms with Crippen molar-refractivity contribution >= 4 is 52.8 Å². The van der Waals surface area contributed by atoms with Crippen LogP contribution in [0.4, 0.5) is 11.4 Å². The molecule has 1 atom stereocenters. The van der Waals surface area contributed by atoms with Crippen molar-refractivity contribution in [3.05, 3.63) is 120 Å². The van der Waals surface area contributed by atoms with Crippen LogP contribution in [0.1, 0.15) is 22.3 Å².